The van der Waals surface area contributed by atoms with Crippen molar-refractivity contribution in [2.75, 3.05) is 17.7 Å². The minimum Gasteiger partial charge on any atom is -0.497 e. The zero-order chi connectivity index (χ0) is 25.2. The molecule has 0 saturated carbocycles. The van der Waals surface area contributed by atoms with E-state index >= 15 is 0 Å². The van der Waals surface area contributed by atoms with E-state index < -0.39 is 27.3 Å². The van der Waals surface area contributed by atoms with Gasteiger partial charge < -0.3 is 15.4 Å². The zero-order valence-corrected chi connectivity index (χ0v) is 19.6. The van der Waals surface area contributed by atoms with Crippen molar-refractivity contribution in [2.24, 2.45) is 0 Å². The molecule has 4 rings (SSSR count). The molecule has 3 aromatic carbocycles. The summed E-state index contributed by atoms with van der Waals surface area (Å²) in [5.41, 5.74) is 0.536. The fourth-order valence-electron chi connectivity index (χ4n) is 3.52. The summed E-state index contributed by atoms with van der Waals surface area (Å²) >= 11 is 0. The van der Waals surface area contributed by atoms with E-state index in [1.165, 1.54) is 50.4 Å². The number of Topliss-reactive ketones (excluding diaryl/α,β-unsaturated/α-hetero) is 2. The maximum absolute atomic E-state index is 13.3. The average Bonchev–Trinajstić information content (AvgIpc) is 2.85. The molecule has 0 unspecified atom stereocenters. The molecule has 1 aliphatic rings. The van der Waals surface area contributed by atoms with Gasteiger partial charge in [-0.05, 0) is 48.5 Å². The number of sulfonamides is 1. The molecule has 0 radical (unpaired) electrons. The van der Waals surface area contributed by atoms with Crippen molar-refractivity contribution in [3.05, 3.63) is 95.3 Å². The van der Waals surface area contributed by atoms with Crippen LogP contribution >= 0.6 is 0 Å². The Labute approximate surface area is 201 Å². The van der Waals surface area contributed by atoms with Crippen LogP contribution in [0.25, 0.3) is 0 Å². The number of ketones is 2. The van der Waals surface area contributed by atoms with Crippen LogP contribution in [0.2, 0.25) is 0 Å². The largest absolute Gasteiger partial charge is 0.497 e. The van der Waals surface area contributed by atoms with Crippen LogP contribution in [-0.2, 0) is 14.8 Å². The van der Waals surface area contributed by atoms with Crippen molar-refractivity contribution in [1.82, 2.24) is 4.72 Å². The van der Waals surface area contributed by atoms with Crippen molar-refractivity contribution >= 4 is 38.9 Å². The zero-order valence-electron chi connectivity index (χ0n) is 18.8. The maximum atomic E-state index is 13.3. The highest BCUT2D eigenvalue weighted by Gasteiger charge is 2.35. The summed E-state index contributed by atoms with van der Waals surface area (Å²) in [5, 5.41) is 5.44. The van der Waals surface area contributed by atoms with E-state index in [2.05, 4.69) is 15.4 Å². The molecule has 0 atom stereocenters. The number of hydrogen-bond donors (Lipinski definition) is 3. The highest BCUT2D eigenvalue weighted by molar-refractivity contribution is 7.89. The summed E-state index contributed by atoms with van der Waals surface area (Å²) in [6.45, 7) is 1.33. The molecular weight excluding hydrogens is 470 g/mol. The normalized spacial score (nSPS) is 13.2. The molecule has 178 valence electrons. The van der Waals surface area contributed by atoms with Crippen LogP contribution < -0.4 is 20.1 Å². The number of nitrogens with one attached hydrogen (secondary N) is 3. The smallest absolute Gasteiger partial charge is 0.262 e. The molecule has 0 fully saturated rings. The molecule has 0 bridgehead atoms. The van der Waals surface area contributed by atoms with Gasteiger partial charge in [0.1, 0.15) is 17.1 Å². The summed E-state index contributed by atoms with van der Waals surface area (Å²) in [4.78, 5) is 37.7. The summed E-state index contributed by atoms with van der Waals surface area (Å²) in [6, 6.07) is 18.2. The Morgan fingerprint density at radius 2 is 1.31 bits per heavy atom. The second-order valence-electron chi connectivity index (χ2n) is 7.62. The van der Waals surface area contributed by atoms with Crippen molar-refractivity contribution in [2.45, 2.75) is 11.8 Å². The third-order valence-electron chi connectivity index (χ3n) is 5.20. The SMILES string of the molecule is COc1ccc(NC2=C(NS(=O)(=O)c3ccc(NC(C)=O)cc3)C(=O)c3ccccc3C2=O)cc1. The van der Waals surface area contributed by atoms with Crippen LogP contribution in [0.4, 0.5) is 11.4 Å². The van der Waals surface area contributed by atoms with Crippen LogP contribution in [0.5, 0.6) is 5.75 Å². The van der Waals surface area contributed by atoms with Crippen molar-refractivity contribution in [3.8, 4) is 5.75 Å². The maximum Gasteiger partial charge on any atom is 0.262 e. The van der Waals surface area contributed by atoms with Crippen LogP contribution in [0.3, 0.4) is 0 Å². The molecule has 3 N–H and O–H groups in total. The van der Waals surface area contributed by atoms with Gasteiger partial charge >= 0.3 is 0 Å². The lowest BCUT2D eigenvalue weighted by Crippen LogP contribution is -2.36. The van der Waals surface area contributed by atoms with Gasteiger partial charge in [0.15, 0.2) is 0 Å². The number of amides is 1. The first-order chi connectivity index (χ1) is 16.7. The molecule has 3 aromatic rings. The van der Waals surface area contributed by atoms with Crippen LogP contribution in [0.15, 0.2) is 89.1 Å². The Morgan fingerprint density at radius 3 is 1.86 bits per heavy atom. The third kappa shape index (κ3) is 4.92. The van der Waals surface area contributed by atoms with Gasteiger partial charge in [-0.25, -0.2) is 8.42 Å². The monoisotopic (exact) mass is 491 g/mol. The second-order valence-corrected chi connectivity index (χ2v) is 9.30. The minimum atomic E-state index is -4.25. The molecule has 35 heavy (non-hydrogen) atoms. The molecule has 0 spiro atoms. The number of benzene rings is 3. The van der Waals surface area contributed by atoms with Crippen molar-refractivity contribution in [3.63, 3.8) is 0 Å². The molecule has 1 aliphatic carbocycles. The van der Waals surface area contributed by atoms with Crippen LogP contribution in [0, 0.1) is 0 Å². The molecule has 0 aromatic heterocycles. The molecule has 0 saturated heterocycles. The predicted octanol–water partition coefficient (Wildman–Crippen LogP) is 3.33. The molecular formula is C25H21N3O6S. The summed E-state index contributed by atoms with van der Waals surface area (Å²) < 4.78 is 33.7. The average molecular weight is 492 g/mol. The Hall–Kier alpha value is -4.44. The second kappa shape index (κ2) is 9.43. The van der Waals surface area contributed by atoms with Gasteiger partial charge in [0.05, 0.1) is 12.0 Å². The molecule has 10 heteroatoms. The summed E-state index contributed by atoms with van der Waals surface area (Å²) in [5.74, 6) is -0.892. The van der Waals surface area contributed by atoms with E-state index in [9.17, 15) is 22.8 Å². The number of rotatable bonds is 7. The van der Waals surface area contributed by atoms with Crippen LogP contribution in [-0.4, -0.2) is 33.0 Å². The highest BCUT2D eigenvalue weighted by atomic mass is 32.2. The Morgan fingerprint density at radius 1 is 0.771 bits per heavy atom. The van der Waals surface area contributed by atoms with Gasteiger partial charge in [-0.1, -0.05) is 24.3 Å². The third-order valence-corrected chi connectivity index (χ3v) is 6.57. The molecule has 0 aliphatic heterocycles. The lowest BCUT2D eigenvalue weighted by atomic mass is 9.90. The van der Waals surface area contributed by atoms with Crippen molar-refractivity contribution in [1.29, 1.82) is 0 Å². The Balaban J connectivity index is 1.74. The van der Waals surface area contributed by atoms with Gasteiger partial charge in [-0.15, -0.1) is 0 Å². The highest BCUT2D eigenvalue weighted by Crippen LogP contribution is 2.28. The van der Waals surface area contributed by atoms with Gasteiger partial charge in [0.2, 0.25) is 17.5 Å². The standard InChI is InChI=1S/C25H21N3O6S/c1-15(29)26-16-9-13-19(14-10-16)35(32,33)28-23-22(27-17-7-11-18(34-2)12-8-17)24(30)20-5-3-4-6-21(20)25(23)31/h3-14,27-28H,1-2H3,(H,26,29). The summed E-state index contributed by atoms with van der Waals surface area (Å²) in [7, 11) is -2.74. The lowest BCUT2D eigenvalue weighted by molar-refractivity contribution is -0.114. The van der Waals surface area contributed by atoms with Crippen molar-refractivity contribution < 1.29 is 27.5 Å². The Bertz CT molecular complexity index is 1460. The first kappa shape index (κ1) is 23.7. The van der Waals surface area contributed by atoms with Gasteiger partial charge in [0, 0.05) is 29.4 Å². The quantitative estimate of drug-likeness (QED) is 0.462. The number of methoxy groups -OCH3 is 1. The molecule has 9 nitrogen and oxygen atoms in total. The number of carbonyl (C=O) groups excluding carboxylic acids is 3. The van der Waals surface area contributed by atoms with Gasteiger partial charge in [-0.3, -0.25) is 19.1 Å². The van der Waals surface area contributed by atoms with Crippen LogP contribution in [0.1, 0.15) is 27.6 Å². The van der Waals surface area contributed by atoms with E-state index in [0.29, 0.717) is 17.1 Å². The molecule has 0 heterocycles. The van der Waals surface area contributed by atoms with E-state index in [4.69, 9.17) is 4.74 Å². The molecule has 1 amide bonds. The number of allylic oxidation sites excluding steroid dienone is 2. The van der Waals surface area contributed by atoms with E-state index in [1.54, 1.807) is 36.4 Å². The number of carbonyl (C=O) groups is 3. The van der Waals surface area contributed by atoms with E-state index in [0.717, 1.165) is 0 Å². The summed E-state index contributed by atoms with van der Waals surface area (Å²) in [6.07, 6.45) is 0. The van der Waals surface area contributed by atoms with E-state index in [1.807, 2.05) is 0 Å². The minimum absolute atomic E-state index is 0.0940. The fourth-order valence-corrected chi connectivity index (χ4v) is 4.60. The predicted molar refractivity (Wildman–Crippen MR) is 130 cm³/mol. The first-order valence-electron chi connectivity index (χ1n) is 10.4. The van der Waals surface area contributed by atoms with E-state index in [-0.39, 0.29) is 27.6 Å². The fraction of sp³-hybridized carbons (Fsp3) is 0.0800. The van der Waals surface area contributed by atoms with Gasteiger partial charge in [-0.2, -0.15) is 0 Å². The Kier molecular flexibility index (Phi) is 6.39. The topological polar surface area (TPSA) is 131 Å². The number of hydrogen-bond acceptors (Lipinski definition) is 7. The number of fused-ring (bicyclic) bond motifs is 1. The number of anilines is 2. The lowest BCUT2D eigenvalue weighted by Gasteiger charge is -2.23. The number of ether oxygens (including phenoxy) is 1. The van der Waals surface area contributed by atoms with Gasteiger partial charge in [0.25, 0.3) is 10.0 Å². The first-order valence-corrected chi connectivity index (χ1v) is 11.9.